The Balaban J connectivity index is 0.00000625. The molecule has 340 valence electrons. The van der Waals surface area contributed by atoms with Gasteiger partial charge in [0, 0.05) is 0 Å². The van der Waals surface area contributed by atoms with Gasteiger partial charge in [-0.2, -0.15) is 52.7 Å². The van der Waals surface area contributed by atoms with Crippen molar-refractivity contribution in [1.29, 1.82) is 0 Å². The van der Waals surface area contributed by atoms with E-state index in [0.29, 0.717) is 33.6 Å². The van der Waals surface area contributed by atoms with Gasteiger partial charge in [0.25, 0.3) is 0 Å². The Bertz CT molecular complexity index is 3260. The summed E-state index contributed by atoms with van der Waals surface area (Å²) in [5, 5.41) is -6.61. The average molecular weight is 1010 g/mol. The van der Waals surface area contributed by atoms with Crippen molar-refractivity contribution in [1.82, 2.24) is 19.9 Å². The zero-order valence-corrected chi connectivity index (χ0v) is 38.2. The van der Waals surface area contributed by atoms with Crippen LogP contribution in [0.3, 0.4) is 0 Å². The molecule has 0 N–H and O–H groups in total. The maximum atomic E-state index is 17.0. The monoisotopic (exact) mass is 1010 g/mol. The molecule has 9 rings (SSSR count). The SMILES string of the molecule is FC(F)(Cl)C(F)(F)C(F)(F)C(F)(F)C(F)(F)C(F)(F)C1=Cc2nc1c(-c1ccccc1)c1ccc([n-]1)c(-c1ccccc1)c1nc(c(-c3ccccc3)c3ccc([n-]3)c2-c2ccccc2)C=C1.[Zn+2]. The van der Waals surface area contributed by atoms with Crippen LogP contribution in [0.4, 0.5) is 52.7 Å². The molecule has 4 nitrogen and oxygen atoms in total. The number of allylic oxidation sites excluding steroid dienone is 1. The second-order valence-corrected chi connectivity index (χ2v) is 15.9. The molecule has 0 atom stereocenters. The fourth-order valence-electron chi connectivity index (χ4n) is 7.94. The summed E-state index contributed by atoms with van der Waals surface area (Å²) in [4.78, 5) is 19.0. The molecule has 2 aliphatic rings. The van der Waals surface area contributed by atoms with Crippen molar-refractivity contribution in [3.63, 3.8) is 0 Å². The minimum Gasteiger partial charge on any atom is -0.657 e. The molecular weight excluding hydrogens is 985 g/mol. The van der Waals surface area contributed by atoms with Crippen LogP contribution in [-0.4, -0.2) is 45.0 Å². The molecule has 4 aromatic carbocycles. The van der Waals surface area contributed by atoms with Crippen LogP contribution in [0.15, 0.2) is 146 Å². The van der Waals surface area contributed by atoms with Gasteiger partial charge in [0.05, 0.1) is 28.3 Å². The second-order valence-electron chi connectivity index (χ2n) is 15.4. The minimum absolute atomic E-state index is 0. The van der Waals surface area contributed by atoms with Crippen molar-refractivity contribution in [2.75, 3.05) is 0 Å². The molecule has 0 radical (unpaired) electrons. The topological polar surface area (TPSA) is 54.0 Å². The Morgan fingerprint density at radius 2 is 0.691 bits per heavy atom. The van der Waals surface area contributed by atoms with E-state index in [0.717, 1.165) is 0 Å². The number of aromatic nitrogens is 4. The molecular formula is C50H27ClF12N4Zn. The number of nitrogens with zero attached hydrogens (tertiary/aromatic N) is 4. The predicted molar refractivity (Wildman–Crippen MR) is 233 cm³/mol. The first kappa shape index (κ1) is 48.0. The van der Waals surface area contributed by atoms with Gasteiger partial charge >= 0.3 is 54.5 Å². The van der Waals surface area contributed by atoms with E-state index in [1.165, 1.54) is 72.8 Å². The van der Waals surface area contributed by atoms with Gasteiger partial charge in [-0.3, -0.25) is 0 Å². The van der Waals surface area contributed by atoms with Crippen LogP contribution in [0.1, 0.15) is 22.8 Å². The van der Waals surface area contributed by atoms with Crippen molar-refractivity contribution >= 4 is 57.5 Å². The van der Waals surface area contributed by atoms with Gasteiger partial charge in [0.15, 0.2) is 0 Å². The van der Waals surface area contributed by atoms with Crippen molar-refractivity contribution in [3.8, 4) is 44.5 Å². The third kappa shape index (κ3) is 7.63. The van der Waals surface area contributed by atoms with E-state index in [9.17, 15) is 26.3 Å². The van der Waals surface area contributed by atoms with Crippen LogP contribution in [0.5, 0.6) is 0 Å². The quantitative estimate of drug-likeness (QED) is 0.0778. The molecule has 8 bridgehead atoms. The summed E-state index contributed by atoms with van der Waals surface area (Å²) in [5.74, 6) is -37.5. The molecule has 7 aromatic rings. The Hall–Kier alpha value is -6.45. The van der Waals surface area contributed by atoms with E-state index in [-0.39, 0.29) is 64.3 Å². The van der Waals surface area contributed by atoms with Gasteiger partial charge in [0.2, 0.25) is 0 Å². The molecule has 0 aliphatic carbocycles. The number of hydrogen-bond acceptors (Lipinski definition) is 2. The van der Waals surface area contributed by atoms with Crippen molar-refractivity contribution < 1.29 is 72.2 Å². The number of benzene rings is 4. The summed E-state index contributed by atoms with van der Waals surface area (Å²) in [6.07, 6.45) is 3.70. The van der Waals surface area contributed by atoms with E-state index in [2.05, 4.69) is 16.6 Å². The van der Waals surface area contributed by atoms with E-state index < -0.39 is 57.5 Å². The maximum Gasteiger partial charge on any atom is 2.00 e. The number of hydrogen-bond donors (Lipinski definition) is 0. The normalized spacial score (nSPS) is 13.6. The molecule has 0 fully saturated rings. The fourth-order valence-corrected chi connectivity index (χ4v) is 8.06. The number of rotatable bonds is 10. The van der Waals surface area contributed by atoms with Crippen LogP contribution in [-0.2, 0) is 19.5 Å². The van der Waals surface area contributed by atoms with Crippen LogP contribution in [0.25, 0.3) is 90.4 Å². The second kappa shape index (κ2) is 17.3. The predicted octanol–water partition coefficient (Wildman–Crippen LogP) is 15.0. The molecule has 18 heteroatoms. The molecule has 0 spiro atoms. The first-order valence-corrected chi connectivity index (χ1v) is 20.3. The summed E-state index contributed by atoms with van der Waals surface area (Å²) in [6, 6.07) is 37.7. The molecule has 0 saturated heterocycles. The number of fused-ring (bicyclic) bond motifs is 8. The van der Waals surface area contributed by atoms with Gasteiger partial charge < -0.3 is 9.97 Å². The van der Waals surface area contributed by atoms with Gasteiger partial charge in [-0.05, 0) is 74.3 Å². The summed E-state index contributed by atoms with van der Waals surface area (Å²) >= 11 is 4.03. The Kier molecular flexibility index (Phi) is 12.2. The molecule has 0 amide bonds. The first-order valence-electron chi connectivity index (χ1n) is 19.9. The fraction of sp³-hybridized carbons (Fsp3) is 0.120. The van der Waals surface area contributed by atoms with Gasteiger partial charge in [0.1, 0.15) is 0 Å². The molecule has 0 unspecified atom stereocenters. The van der Waals surface area contributed by atoms with Crippen LogP contribution < -0.4 is 9.97 Å². The zero-order chi connectivity index (χ0) is 47.7. The summed E-state index contributed by atoms with van der Waals surface area (Å²) < 4.78 is 183. The Labute approximate surface area is 395 Å². The third-order valence-corrected chi connectivity index (χ3v) is 11.5. The Morgan fingerprint density at radius 3 is 1.06 bits per heavy atom. The van der Waals surface area contributed by atoms with Crippen LogP contribution >= 0.6 is 11.6 Å². The Morgan fingerprint density at radius 1 is 0.368 bits per heavy atom. The molecule has 5 heterocycles. The molecule has 68 heavy (non-hydrogen) atoms. The van der Waals surface area contributed by atoms with Crippen molar-refractivity contribution in [2.45, 2.75) is 35.0 Å². The van der Waals surface area contributed by atoms with E-state index in [4.69, 9.17) is 15.0 Å². The summed E-state index contributed by atoms with van der Waals surface area (Å²) in [6.45, 7) is 0. The molecule has 0 saturated carbocycles. The number of alkyl halides is 13. The first-order chi connectivity index (χ1) is 31.7. The van der Waals surface area contributed by atoms with Crippen molar-refractivity contribution in [2.24, 2.45) is 0 Å². The van der Waals surface area contributed by atoms with Crippen LogP contribution in [0, 0.1) is 0 Å². The molecule has 2 aliphatic heterocycles. The minimum atomic E-state index is -7.92. The average Bonchev–Trinajstić information content (AvgIpc) is 4.15. The van der Waals surface area contributed by atoms with Gasteiger partial charge in [-0.15, -0.1) is 22.1 Å². The van der Waals surface area contributed by atoms with E-state index in [1.54, 1.807) is 84.9 Å². The zero-order valence-electron chi connectivity index (χ0n) is 34.5. The van der Waals surface area contributed by atoms with Crippen LogP contribution in [0.2, 0.25) is 0 Å². The van der Waals surface area contributed by atoms with E-state index >= 15 is 26.3 Å². The van der Waals surface area contributed by atoms with Crippen molar-refractivity contribution in [3.05, 3.63) is 168 Å². The van der Waals surface area contributed by atoms with E-state index in [1.807, 2.05) is 0 Å². The largest absolute Gasteiger partial charge is 2.00 e. The maximum absolute atomic E-state index is 17.0. The summed E-state index contributed by atoms with van der Waals surface area (Å²) in [7, 11) is 0. The summed E-state index contributed by atoms with van der Waals surface area (Å²) in [5.41, 5.74) is -1.76. The van der Waals surface area contributed by atoms with Gasteiger partial charge in [-0.1, -0.05) is 146 Å². The third-order valence-electron chi connectivity index (χ3n) is 11.2. The smallest absolute Gasteiger partial charge is 0.657 e. The van der Waals surface area contributed by atoms with Gasteiger partial charge in [-0.25, -0.2) is 9.97 Å². The number of halogens is 13. The molecule has 3 aromatic heterocycles. The standard InChI is InChI=1S/C50H27ClF12N4.Zn/c51-50(62,63)49(60,61)48(58,59)47(56,57)46(54,55)45(52,53)32-27-39-42(30-17-9-3-10-18-30)37-24-23-35(65-37)40(28-13-5-1-6-14-28)33-21-22-34(64-33)41(29-15-7-2-8-16-29)36-25-26-38(66-36)43(44(32)67-39)31-19-11-4-12-20-31;/h1-27H;/q-2;+2.